The minimum Gasteiger partial charge on any atom is -0.348 e. The first-order chi connectivity index (χ1) is 10.1. The van der Waals surface area contributed by atoms with Crippen LogP contribution in [-0.4, -0.2) is 42.5 Å². The van der Waals surface area contributed by atoms with Gasteiger partial charge in [0.2, 0.25) is 5.91 Å². The Balaban J connectivity index is 1.82. The van der Waals surface area contributed by atoms with E-state index in [2.05, 4.69) is 35.4 Å². The van der Waals surface area contributed by atoms with Gasteiger partial charge in [0, 0.05) is 23.5 Å². The van der Waals surface area contributed by atoms with Crippen LogP contribution in [0.25, 0.3) is 0 Å². The van der Waals surface area contributed by atoms with E-state index in [1.165, 1.54) is 17.7 Å². The lowest BCUT2D eigenvalue weighted by atomic mass is 10.2. The Morgan fingerprint density at radius 1 is 1.52 bits per heavy atom. The monoisotopic (exact) mass is 309 g/mol. The first kappa shape index (κ1) is 16.5. The van der Waals surface area contributed by atoms with Crippen LogP contribution in [0.15, 0.2) is 17.5 Å². The van der Waals surface area contributed by atoms with Crippen molar-refractivity contribution in [2.75, 3.05) is 19.6 Å². The van der Waals surface area contributed by atoms with Gasteiger partial charge in [0.1, 0.15) is 0 Å². The van der Waals surface area contributed by atoms with E-state index in [0.717, 1.165) is 13.1 Å². The maximum absolute atomic E-state index is 12.3. The fourth-order valence-electron chi connectivity index (χ4n) is 2.73. The highest BCUT2D eigenvalue weighted by atomic mass is 32.1. The van der Waals surface area contributed by atoms with Gasteiger partial charge in [-0.3, -0.25) is 9.69 Å². The van der Waals surface area contributed by atoms with Gasteiger partial charge >= 0.3 is 0 Å². The van der Waals surface area contributed by atoms with Gasteiger partial charge in [-0.05, 0) is 51.6 Å². The molecule has 0 aliphatic carbocycles. The number of nitrogens with zero attached hydrogens (tertiary/aromatic N) is 1. The van der Waals surface area contributed by atoms with Crippen LogP contribution in [0.2, 0.25) is 0 Å². The number of thiophene rings is 1. The third kappa shape index (κ3) is 5.09. The molecule has 2 atom stereocenters. The molecule has 1 aliphatic heterocycles. The standard InChI is InChI=1S/C16H27N3OS/c1-12(2)19(10-14-6-4-8-17-14)11-16(20)18-13(3)15-7-5-9-21-15/h5,7,9,12-14,17H,4,6,8,10-11H2,1-3H3,(H,18,20). The summed E-state index contributed by atoms with van der Waals surface area (Å²) >= 11 is 1.69. The first-order valence-corrected chi connectivity index (χ1v) is 8.74. The average Bonchev–Trinajstić information content (AvgIpc) is 3.10. The molecule has 2 rings (SSSR count). The Bertz CT molecular complexity index is 427. The predicted molar refractivity (Wildman–Crippen MR) is 88.6 cm³/mol. The van der Waals surface area contributed by atoms with Gasteiger partial charge < -0.3 is 10.6 Å². The van der Waals surface area contributed by atoms with Crippen molar-refractivity contribution < 1.29 is 4.79 Å². The van der Waals surface area contributed by atoms with Crippen LogP contribution in [0.1, 0.15) is 44.5 Å². The predicted octanol–water partition coefficient (Wildman–Crippen LogP) is 2.39. The molecular weight excluding hydrogens is 282 g/mol. The topological polar surface area (TPSA) is 44.4 Å². The summed E-state index contributed by atoms with van der Waals surface area (Å²) in [4.78, 5) is 15.7. The third-order valence-corrected chi connectivity index (χ3v) is 5.10. The van der Waals surface area contributed by atoms with E-state index in [0.29, 0.717) is 18.6 Å². The van der Waals surface area contributed by atoms with Crippen LogP contribution >= 0.6 is 11.3 Å². The molecule has 1 saturated heterocycles. The summed E-state index contributed by atoms with van der Waals surface area (Å²) in [5.74, 6) is 0.114. The fourth-order valence-corrected chi connectivity index (χ4v) is 3.47. The van der Waals surface area contributed by atoms with Crippen LogP contribution in [0.4, 0.5) is 0 Å². The molecular formula is C16H27N3OS. The van der Waals surface area contributed by atoms with Crippen molar-refractivity contribution in [1.82, 2.24) is 15.5 Å². The van der Waals surface area contributed by atoms with Gasteiger partial charge in [-0.2, -0.15) is 0 Å². The molecule has 1 aromatic rings. The van der Waals surface area contributed by atoms with E-state index in [9.17, 15) is 4.79 Å². The Kier molecular flexibility index (Phi) is 6.21. The lowest BCUT2D eigenvalue weighted by molar-refractivity contribution is -0.123. The Hall–Kier alpha value is -0.910. The number of rotatable bonds is 7. The Labute approximate surface area is 131 Å². The van der Waals surface area contributed by atoms with Gasteiger partial charge in [-0.15, -0.1) is 11.3 Å². The van der Waals surface area contributed by atoms with Crippen LogP contribution < -0.4 is 10.6 Å². The van der Waals surface area contributed by atoms with Crippen molar-refractivity contribution in [2.45, 2.75) is 51.7 Å². The van der Waals surface area contributed by atoms with Crippen molar-refractivity contribution in [1.29, 1.82) is 0 Å². The Morgan fingerprint density at radius 3 is 2.90 bits per heavy atom. The molecule has 0 saturated carbocycles. The number of hydrogen-bond donors (Lipinski definition) is 2. The average molecular weight is 309 g/mol. The van der Waals surface area contributed by atoms with E-state index in [1.54, 1.807) is 11.3 Å². The van der Waals surface area contributed by atoms with Gasteiger partial charge in [-0.1, -0.05) is 6.07 Å². The van der Waals surface area contributed by atoms with Crippen molar-refractivity contribution in [3.05, 3.63) is 22.4 Å². The molecule has 2 N–H and O–H groups in total. The van der Waals surface area contributed by atoms with Crippen molar-refractivity contribution in [2.24, 2.45) is 0 Å². The molecule has 1 aliphatic rings. The second-order valence-corrected chi connectivity index (χ2v) is 7.10. The maximum Gasteiger partial charge on any atom is 0.234 e. The van der Waals surface area contributed by atoms with Crippen LogP contribution in [0, 0.1) is 0 Å². The molecule has 2 heterocycles. The molecule has 0 radical (unpaired) electrons. The summed E-state index contributed by atoms with van der Waals surface area (Å²) in [6, 6.07) is 5.11. The van der Waals surface area contributed by atoms with E-state index in [4.69, 9.17) is 0 Å². The maximum atomic E-state index is 12.3. The van der Waals surface area contributed by atoms with Gasteiger partial charge in [0.05, 0.1) is 12.6 Å². The molecule has 0 spiro atoms. The summed E-state index contributed by atoms with van der Waals surface area (Å²) in [7, 11) is 0. The molecule has 1 aromatic heterocycles. The number of nitrogens with one attached hydrogen (secondary N) is 2. The zero-order valence-electron chi connectivity index (χ0n) is 13.3. The smallest absolute Gasteiger partial charge is 0.234 e. The number of carbonyl (C=O) groups excluding carboxylic acids is 1. The highest BCUT2D eigenvalue weighted by Crippen LogP contribution is 2.18. The SMILES string of the molecule is CC(NC(=O)CN(CC1CCCN1)C(C)C)c1cccs1. The van der Waals surface area contributed by atoms with Crippen LogP contribution in [-0.2, 0) is 4.79 Å². The van der Waals surface area contributed by atoms with Crippen LogP contribution in [0.5, 0.6) is 0 Å². The normalized spacial score (nSPS) is 20.1. The summed E-state index contributed by atoms with van der Waals surface area (Å²) in [5.41, 5.74) is 0. The summed E-state index contributed by atoms with van der Waals surface area (Å²) in [6.07, 6.45) is 2.47. The number of carbonyl (C=O) groups is 1. The van der Waals surface area contributed by atoms with E-state index >= 15 is 0 Å². The number of amides is 1. The second kappa shape index (κ2) is 7.92. The molecule has 0 aromatic carbocycles. The van der Waals surface area contributed by atoms with Gasteiger partial charge in [-0.25, -0.2) is 0 Å². The highest BCUT2D eigenvalue weighted by Gasteiger charge is 2.22. The zero-order chi connectivity index (χ0) is 15.2. The minimum atomic E-state index is 0.0936. The third-order valence-electron chi connectivity index (χ3n) is 4.04. The molecule has 2 unspecified atom stereocenters. The molecule has 1 fully saturated rings. The summed E-state index contributed by atoms with van der Waals surface area (Å²) in [5, 5.41) is 8.65. The largest absolute Gasteiger partial charge is 0.348 e. The fraction of sp³-hybridized carbons (Fsp3) is 0.688. The minimum absolute atomic E-state index is 0.0936. The lowest BCUT2D eigenvalue weighted by Gasteiger charge is -2.29. The van der Waals surface area contributed by atoms with Crippen molar-refractivity contribution >= 4 is 17.2 Å². The molecule has 118 valence electrons. The van der Waals surface area contributed by atoms with Crippen molar-refractivity contribution in [3.63, 3.8) is 0 Å². The molecule has 21 heavy (non-hydrogen) atoms. The van der Waals surface area contributed by atoms with E-state index in [-0.39, 0.29) is 11.9 Å². The molecule has 1 amide bonds. The van der Waals surface area contributed by atoms with Gasteiger partial charge in [0.15, 0.2) is 0 Å². The van der Waals surface area contributed by atoms with E-state index < -0.39 is 0 Å². The summed E-state index contributed by atoms with van der Waals surface area (Å²) < 4.78 is 0. The quantitative estimate of drug-likeness (QED) is 0.813. The highest BCUT2D eigenvalue weighted by molar-refractivity contribution is 7.10. The first-order valence-electron chi connectivity index (χ1n) is 7.86. The van der Waals surface area contributed by atoms with Crippen LogP contribution in [0.3, 0.4) is 0 Å². The molecule has 4 nitrogen and oxygen atoms in total. The number of hydrogen-bond acceptors (Lipinski definition) is 4. The van der Waals surface area contributed by atoms with Crippen molar-refractivity contribution in [3.8, 4) is 0 Å². The zero-order valence-corrected chi connectivity index (χ0v) is 14.1. The molecule has 0 bridgehead atoms. The second-order valence-electron chi connectivity index (χ2n) is 6.12. The Morgan fingerprint density at radius 2 is 2.33 bits per heavy atom. The summed E-state index contributed by atoms with van der Waals surface area (Å²) in [6.45, 7) is 8.90. The lowest BCUT2D eigenvalue weighted by Crippen LogP contribution is -2.46. The van der Waals surface area contributed by atoms with E-state index in [1.807, 2.05) is 18.4 Å². The van der Waals surface area contributed by atoms with Gasteiger partial charge in [0.25, 0.3) is 0 Å². The molecule has 5 heteroatoms.